The lowest BCUT2D eigenvalue weighted by atomic mass is 10.2. The van der Waals surface area contributed by atoms with Crippen LogP contribution in [0.3, 0.4) is 0 Å². The quantitative estimate of drug-likeness (QED) is 0.785. The summed E-state index contributed by atoms with van der Waals surface area (Å²) in [5.41, 5.74) is 3.07. The molecule has 0 bridgehead atoms. The van der Waals surface area contributed by atoms with Gasteiger partial charge in [0, 0.05) is 31.6 Å². The van der Waals surface area contributed by atoms with Crippen LogP contribution >= 0.6 is 0 Å². The zero-order chi connectivity index (χ0) is 13.9. The van der Waals surface area contributed by atoms with Crippen molar-refractivity contribution in [3.8, 4) is 0 Å². The third-order valence-electron chi connectivity index (χ3n) is 3.25. The zero-order valence-corrected chi connectivity index (χ0v) is 11.6. The van der Waals surface area contributed by atoms with Crippen molar-refractivity contribution in [2.45, 2.75) is 6.54 Å². The third-order valence-corrected chi connectivity index (χ3v) is 3.25. The second-order valence-corrected chi connectivity index (χ2v) is 4.91. The molecule has 0 spiro atoms. The molecule has 20 heavy (non-hydrogen) atoms. The summed E-state index contributed by atoms with van der Waals surface area (Å²) in [4.78, 5) is 6.36. The molecular formula is C16H17N3O. The smallest absolute Gasteiger partial charge is 0.134 e. The van der Waals surface area contributed by atoms with Crippen molar-refractivity contribution in [3.63, 3.8) is 0 Å². The van der Waals surface area contributed by atoms with E-state index in [9.17, 15) is 0 Å². The lowest BCUT2D eigenvalue weighted by Crippen LogP contribution is -2.10. The van der Waals surface area contributed by atoms with Crippen LogP contribution in [0.25, 0.3) is 11.0 Å². The second kappa shape index (κ2) is 5.25. The summed E-state index contributed by atoms with van der Waals surface area (Å²) in [6, 6.07) is 12.1. The molecule has 0 saturated carbocycles. The molecule has 0 unspecified atom stereocenters. The molecule has 1 N–H and O–H groups in total. The first-order valence-corrected chi connectivity index (χ1v) is 6.56. The van der Waals surface area contributed by atoms with E-state index < -0.39 is 0 Å². The first-order valence-electron chi connectivity index (χ1n) is 6.56. The van der Waals surface area contributed by atoms with Gasteiger partial charge in [0.2, 0.25) is 0 Å². The first-order chi connectivity index (χ1) is 9.74. The second-order valence-electron chi connectivity index (χ2n) is 4.91. The molecule has 2 heterocycles. The van der Waals surface area contributed by atoms with E-state index in [0.717, 1.165) is 34.6 Å². The number of nitrogens with zero attached hydrogens (tertiary/aromatic N) is 2. The van der Waals surface area contributed by atoms with Gasteiger partial charge in [0.15, 0.2) is 0 Å². The minimum absolute atomic E-state index is 0.722. The van der Waals surface area contributed by atoms with Crippen molar-refractivity contribution in [3.05, 3.63) is 54.4 Å². The Morgan fingerprint density at radius 1 is 1.15 bits per heavy atom. The molecule has 0 amide bonds. The summed E-state index contributed by atoms with van der Waals surface area (Å²) in [6.07, 6.45) is 3.65. The van der Waals surface area contributed by atoms with Crippen molar-refractivity contribution in [1.29, 1.82) is 0 Å². The SMILES string of the molecule is CN(C)c1ccc(NCc2coc3ccccc23)cn1. The molecule has 3 aromatic rings. The molecular weight excluding hydrogens is 250 g/mol. The van der Waals surface area contributed by atoms with Gasteiger partial charge in [-0.15, -0.1) is 0 Å². The molecule has 1 aromatic carbocycles. The fourth-order valence-corrected chi connectivity index (χ4v) is 2.12. The average molecular weight is 267 g/mol. The molecule has 0 radical (unpaired) electrons. The van der Waals surface area contributed by atoms with Gasteiger partial charge >= 0.3 is 0 Å². The van der Waals surface area contributed by atoms with Crippen molar-refractivity contribution >= 4 is 22.5 Å². The van der Waals surface area contributed by atoms with E-state index in [1.54, 1.807) is 6.26 Å². The van der Waals surface area contributed by atoms with Crippen molar-refractivity contribution in [2.75, 3.05) is 24.3 Å². The number of aromatic nitrogens is 1. The van der Waals surface area contributed by atoms with Crippen molar-refractivity contribution < 1.29 is 4.42 Å². The van der Waals surface area contributed by atoms with E-state index in [0.29, 0.717) is 0 Å². The van der Waals surface area contributed by atoms with Gasteiger partial charge in [-0.2, -0.15) is 0 Å². The van der Waals surface area contributed by atoms with E-state index in [-0.39, 0.29) is 0 Å². The number of nitrogens with one attached hydrogen (secondary N) is 1. The Morgan fingerprint density at radius 3 is 2.75 bits per heavy atom. The van der Waals surface area contributed by atoms with Crippen LogP contribution in [0.15, 0.2) is 53.3 Å². The van der Waals surface area contributed by atoms with Crippen LogP contribution < -0.4 is 10.2 Å². The Labute approximate surface area is 118 Å². The van der Waals surface area contributed by atoms with Crippen LogP contribution in [0.1, 0.15) is 5.56 Å². The Kier molecular flexibility index (Phi) is 3.29. The number of anilines is 2. The Hall–Kier alpha value is -2.49. The number of hydrogen-bond donors (Lipinski definition) is 1. The number of rotatable bonds is 4. The Balaban J connectivity index is 1.73. The molecule has 3 rings (SSSR count). The lowest BCUT2D eigenvalue weighted by Gasteiger charge is -2.11. The molecule has 4 heteroatoms. The number of furan rings is 1. The lowest BCUT2D eigenvalue weighted by molar-refractivity contribution is 0.611. The maximum atomic E-state index is 5.53. The molecule has 0 aliphatic heterocycles. The zero-order valence-electron chi connectivity index (χ0n) is 11.6. The highest BCUT2D eigenvalue weighted by Gasteiger charge is 2.04. The van der Waals surface area contributed by atoms with E-state index in [1.807, 2.05) is 55.5 Å². The van der Waals surface area contributed by atoms with Gasteiger partial charge in [0.05, 0.1) is 18.1 Å². The van der Waals surface area contributed by atoms with Crippen LogP contribution in [0.4, 0.5) is 11.5 Å². The molecule has 0 aliphatic rings. The Morgan fingerprint density at radius 2 is 2.00 bits per heavy atom. The summed E-state index contributed by atoms with van der Waals surface area (Å²) >= 11 is 0. The van der Waals surface area contributed by atoms with E-state index >= 15 is 0 Å². The van der Waals surface area contributed by atoms with Gasteiger partial charge in [-0.25, -0.2) is 4.98 Å². The van der Waals surface area contributed by atoms with Gasteiger partial charge in [-0.05, 0) is 18.2 Å². The number of benzene rings is 1. The number of para-hydroxylation sites is 1. The molecule has 0 aliphatic carbocycles. The van der Waals surface area contributed by atoms with Crippen LogP contribution in [-0.2, 0) is 6.54 Å². The van der Waals surface area contributed by atoms with E-state index in [4.69, 9.17) is 4.42 Å². The monoisotopic (exact) mass is 267 g/mol. The maximum absolute atomic E-state index is 5.53. The molecule has 4 nitrogen and oxygen atoms in total. The van der Waals surface area contributed by atoms with Gasteiger partial charge in [0.1, 0.15) is 11.4 Å². The standard InChI is InChI=1S/C16H17N3O/c1-19(2)16-8-7-13(10-18-16)17-9-12-11-20-15-6-4-3-5-14(12)15/h3-8,10-11,17H,9H2,1-2H3. The topological polar surface area (TPSA) is 41.3 Å². The van der Waals surface area contributed by atoms with Crippen molar-refractivity contribution in [2.24, 2.45) is 0 Å². The van der Waals surface area contributed by atoms with E-state index in [1.165, 1.54) is 0 Å². The fraction of sp³-hybridized carbons (Fsp3) is 0.188. The summed E-state index contributed by atoms with van der Waals surface area (Å²) in [7, 11) is 3.96. The first kappa shape index (κ1) is 12.5. The normalized spacial score (nSPS) is 10.7. The average Bonchev–Trinajstić information content (AvgIpc) is 2.89. The summed E-state index contributed by atoms with van der Waals surface area (Å²) in [6.45, 7) is 0.722. The van der Waals surface area contributed by atoms with E-state index in [2.05, 4.69) is 16.4 Å². The van der Waals surface area contributed by atoms with Gasteiger partial charge in [-0.1, -0.05) is 18.2 Å². The van der Waals surface area contributed by atoms with Gasteiger partial charge in [-0.3, -0.25) is 0 Å². The minimum Gasteiger partial charge on any atom is -0.464 e. The molecule has 0 fully saturated rings. The number of pyridine rings is 1. The molecule has 0 saturated heterocycles. The maximum Gasteiger partial charge on any atom is 0.134 e. The predicted molar refractivity (Wildman–Crippen MR) is 82.1 cm³/mol. The predicted octanol–water partition coefficient (Wildman–Crippen LogP) is 3.51. The molecule has 0 atom stereocenters. The number of fused-ring (bicyclic) bond motifs is 1. The highest BCUT2D eigenvalue weighted by Crippen LogP contribution is 2.21. The van der Waals surface area contributed by atoms with Crippen LogP contribution in [0.5, 0.6) is 0 Å². The number of hydrogen-bond acceptors (Lipinski definition) is 4. The largest absolute Gasteiger partial charge is 0.464 e. The molecule has 102 valence electrons. The summed E-state index contributed by atoms with van der Waals surface area (Å²) in [5.74, 6) is 0.948. The third kappa shape index (κ3) is 2.45. The summed E-state index contributed by atoms with van der Waals surface area (Å²) < 4.78 is 5.53. The minimum atomic E-state index is 0.722. The van der Waals surface area contributed by atoms with Crippen molar-refractivity contribution in [1.82, 2.24) is 4.98 Å². The van der Waals surface area contributed by atoms with Gasteiger partial charge < -0.3 is 14.6 Å². The highest BCUT2D eigenvalue weighted by molar-refractivity contribution is 5.81. The summed E-state index contributed by atoms with van der Waals surface area (Å²) in [5, 5.41) is 4.52. The Bertz CT molecular complexity index is 701. The van der Waals surface area contributed by atoms with Crippen LogP contribution in [-0.4, -0.2) is 19.1 Å². The fourth-order valence-electron chi connectivity index (χ4n) is 2.12. The molecule has 2 aromatic heterocycles. The highest BCUT2D eigenvalue weighted by atomic mass is 16.3. The van der Waals surface area contributed by atoms with Crippen LogP contribution in [0.2, 0.25) is 0 Å². The van der Waals surface area contributed by atoms with Gasteiger partial charge in [0.25, 0.3) is 0 Å². The van der Waals surface area contributed by atoms with Crippen LogP contribution in [0, 0.1) is 0 Å².